The van der Waals surface area contributed by atoms with Crippen molar-refractivity contribution in [3.8, 4) is 0 Å². The zero-order valence-corrected chi connectivity index (χ0v) is 12.6. The maximum absolute atomic E-state index is 11.5. The minimum atomic E-state index is -0.474. The molecule has 0 saturated carbocycles. The molecule has 5 heteroatoms. The minimum Gasteiger partial charge on any atom is -0.444 e. The summed E-state index contributed by atoms with van der Waals surface area (Å²) in [6.45, 7) is 5.94. The lowest BCUT2D eigenvalue weighted by Gasteiger charge is -2.20. The number of ether oxygens (including phenoxy) is 1. The number of fused-ring (bicyclic) bond motifs is 1. The Bertz CT molecular complexity index is 441. The van der Waals surface area contributed by atoms with E-state index >= 15 is 0 Å². The zero-order valence-electron chi connectivity index (χ0n) is 11.8. The Balaban J connectivity index is 1.84. The van der Waals surface area contributed by atoms with E-state index in [2.05, 4.69) is 11.4 Å². The monoisotopic (exact) mass is 282 g/mol. The van der Waals surface area contributed by atoms with Crippen LogP contribution in [0.25, 0.3) is 0 Å². The first-order chi connectivity index (χ1) is 8.85. The molecule has 4 nitrogen and oxygen atoms in total. The summed E-state index contributed by atoms with van der Waals surface area (Å²) in [5, 5.41) is 2.72. The van der Waals surface area contributed by atoms with E-state index in [0.717, 1.165) is 11.3 Å². The number of thiophene rings is 1. The molecule has 1 unspecified atom stereocenters. The molecule has 0 spiro atoms. The number of carbonyl (C=O) groups is 1. The van der Waals surface area contributed by atoms with Crippen LogP contribution in [0.5, 0.6) is 0 Å². The van der Waals surface area contributed by atoms with Crippen LogP contribution in [0.15, 0.2) is 6.07 Å². The first kappa shape index (κ1) is 14.3. The van der Waals surface area contributed by atoms with E-state index < -0.39 is 11.7 Å². The number of aryl methyl sites for hydroxylation is 2. The van der Waals surface area contributed by atoms with E-state index in [1.807, 2.05) is 20.8 Å². The summed E-state index contributed by atoms with van der Waals surface area (Å²) in [6, 6.07) is 2.04. The lowest BCUT2D eigenvalue weighted by atomic mass is 10.2. The van der Waals surface area contributed by atoms with Gasteiger partial charge in [-0.1, -0.05) is 0 Å². The molecular weight excluding hydrogens is 260 g/mol. The first-order valence-electron chi connectivity index (χ1n) is 6.69. The molecule has 106 valence electrons. The Kier molecular flexibility index (Phi) is 4.16. The van der Waals surface area contributed by atoms with Gasteiger partial charge < -0.3 is 15.8 Å². The van der Waals surface area contributed by atoms with Gasteiger partial charge in [-0.15, -0.1) is 11.3 Å². The van der Waals surface area contributed by atoms with Crippen molar-refractivity contribution in [2.24, 2.45) is 5.73 Å². The lowest BCUT2D eigenvalue weighted by molar-refractivity contribution is 0.0524. The van der Waals surface area contributed by atoms with Crippen molar-refractivity contribution in [2.75, 3.05) is 6.54 Å². The normalized spacial score (nSPS) is 16.0. The molecule has 1 aliphatic rings. The molecule has 0 radical (unpaired) electrons. The predicted molar refractivity (Wildman–Crippen MR) is 77.5 cm³/mol. The fourth-order valence-corrected chi connectivity index (χ4v) is 3.40. The molecule has 19 heavy (non-hydrogen) atoms. The van der Waals surface area contributed by atoms with Gasteiger partial charge in [0.1, 0.15) is 5.60 Å². The van der Waals surface area contributed by atoms with Crippen molar-refractivity contribution in [3.05, 3.63) is 21.4 Å². The highest BCUT2D eigenvalue weighted by molar-refractivity contribution is 7.12. The highest BCUT2D eigenvalue weighted by atomic mass is 32.1. The Hall–Kier alpha value is -1.07. The molecule has 1 aliphatic carbocycles. The molecule has 0 saturated heterocycles. The average Bonchev–Trinajstić information content (AvgIpc) is 2.83. The molecule has 2 rings (SSSR count). The summed E-state index contributed by atoms with van der Waals surface area (Å²) in [6.07, 6.45) is 3.18. The van der Waals surface area contributed by atoms with Gasteiger partial charge in [0, 0.05) is 16.3 Å². The van der Waals surface area contributed by atoms with Crippen molar-refractivity contribution in [2.45, 2.75) is 51.7 Å². The van der Waals surface area contributed by atoms with Crippen LogP contribution in [0.3, 0.4) is 0 Å². The van der Waals surface area contributed by atoms with Crippen LogP contribution >= 0.6 is 11.3 Å². The predicted octanol–water partition coefficient (Wildman–Crippen LogP) is 2.76. The SMILES string of the molecule is CC(C)(C)OC(=O)NCC(N)c1cc2c(s1)CCC2. The third-order valence-electron chi connectivity index (χ3n) is 3.00. The first-order valence-corrected chi connectivity index (χ1v) is 7.51. The van der Waals surface area contributed by atoms with Gasteiger partial charge in [-0.2, -0.15) is 0 Å². The quantitative estimate of drug-likeness (QED) is 0.896. The molecule has 0 aliphatic heterocycles. The van der Waals surface area contributed by atoms with Gasteiger partial charge in [-0.25, -0.2) is 4.79 Å². The number of alkyl carbamates (subject to hydrolysis) is 1. The Morgan fingerprint density at radius 3 is 2.89 bits per heavy atom. The molecule has 1 amide bonds. The van der Waals surface area contributed by atoms with Gasteiger partial charge in [-0.05, 0) is 51.7 Å². The smallest absolute Gasteiger partial charge is 0.407 e. The van der Waals surface area contributed by atoms with Crippen LogP contribution in [0.4, 0.5) is 4.79 Å². The van der Waals surface area contributed by atoms with Crippen molar-refractivity contribution in [1.29, 1.82) is 0 Å². The van der Waals surface area contributed by atoms with Crippen LogP contribution in [-0.4, -0.2) is 18.2 Å². The van der Waals surface area contributed by atoms with Gasteiger partial charge in [0.05, 0.1) is 6.04 Å². The highest BCUT2D eigenvalue weighted by Gasteiger charge is 2.20. The number of hydrogen-bond acceptors (Lipinski definition) is 4. The number of nitrogens with two attached hydrogens (primary N) is 1. The summed E-state index contributed by atoms with van der Waals surface area (Å²) in [5.41, 5.74) is 7.07. The minimum absolute atomic E-state index is 0.150. The number of rotatable bonds is 3. The second-order valence-corrected chi connectivity index (χ2v) is 7.11. The molecule has 1 atom stereocenters. The Morgan fingerprint density at radius 1 is 1.53 bits per heavy atom. The number of carbonyl (C=O) groups excluding carboxylic acids is 1. The fourth-order valence-electron chi connectivity index (χ4n) is 2.14. The molecular formula is C14H22N2O2S. The van der Waals surface area contributed by atoms with E-state index in [1.165, 1.54) is 23.3 Å². The van der Waals surface area contributed by atoms with Gasteiger partial charge in [-0.3, -0.25) is 0 Å². The second kappa shape index (κ2) is 5.51. The summed E-state index contributed by atoms with van der Waals surface area (Å²) in [5.74, 6) is 0. The zero-order chi connectivity index (χ0) is 14.0. The molecule has 3 N–H and O–H groups in total. The van der Waals surface area contributed by atoms with Crippen molar-refractivity contribution in [1.82, 2.24) is 5.32 Å². The largest absolute Gasteiger partial charge is 0.444 e. The lowest BCUT2D eigenvalue weighted by Crippen LogP contribution is -2.36. The standard InChI is InChI=1S/C14H22N2O2S/c1-14(2,3)18-13(17)16-8-10(15)12-7-9-5-4-6-11(9)19-12/h7,10H,4-6,8,15H2,1-3H3,(H,16,17). The topological polar surface area (TPSA) is 64.3 Å². The van der Waals surface area contributed by atoms with Gasteiger partial charge in [0.15, 0.2) is 0 Å². The van der Waals surface area contributed by atoms with Crippen molar-refractivity contribution >= 4 is 17.4 Å². The van der Waals surface area contributed by atoms with Crippen LogP contribution in [-0.2, 0) is 17.6 Å². The van der Waals surface area contributed by atoms with Crippen molar-refractivity contribution < 1.29 is 9.53 Å². The Morgan fingerprint density at radius 2 is 2.26 bits per heavy atom. The van der Waals surface area contributed by atoms with Gasteiger partial charge in [0.2, 0.25) is 0 Å². The van der Waals surface area contributed by atoms with Crippen LogP contribution in [0.2, 0.25) is 0 Å². The van der Waals surface area contributed by atoms with E-state index in [0.29, 0.717) is 6.54 Å². The second-order valence-electron chi connectivity index (χ2n) is 5.94. The van der Waals surface area contributed by atoms with Gasteiger partial charge in [0.25, 0.3) is 0 Å². The molecule has 1 heterocycles. The summed E-state index contributed by atoms with van der Waals surface area (Å²) < 4.78 is 5.18. The molecule has 0 fully saturated rings. The highest BCUT2D eigenvalue weighted by Crippen LogP contribution is 2.32. The third-order valence-corrected chi connectivity index (χ3v) is 4.37. The van der Waals surface area contributed by atoms with Gasteiger partial charge >= 0.3 is 6.09 Å². The van der Waals surface area contributed by atoms with Crippen molar-refractivity contribution in [3.63, 3.8) is 0 Å². The van der Waals surface area contributed by atoms with Crippen LogP contribution in [0.1, 0.15) is 48.6 Å². The summed E-state index contributed by atoms with van der Waals surface area (Å²) in [4.78, 5) is 14.2. The van der Waals surface area contributed by atoms with E-state index in [1.54, 1.807) is 11.3 Å². The number of amides is 1. The molecule has 0 bridgehead atoms. The summed E-state index contributed by atoms with van der Waals surface area (Å²) >= 11 is 1.78. The number of hydrogen-bond donors (Lipinski definition) is 2. The van der Waals surface area contributed by atoms with E-state index in [-0.39, 0.29) is 6.04 Å². The van der Waals surface area contributed by atoms with E-state index in [9.17, 15) is 4.79 Å². The molecule has 1 aromatic heterocycles. The summed E-state index contributed by atoms with van der Waals surface area (Å²) in [7, 11) is 0. The van der Waals surface area contributed by atoms with Crippen LogP contribution < -0.4 is 11.1 Å². The van der Waals surface area contributed by atoms with E-state index in [4.69, 9.17) is 10.5 Å². The fraction of sp³-hybridized carbons (Fsp3) is 0.643. The average molecular weight is 282 g/mol. The number of nitrogens with one attached hydrogen (secondary N) is 1. The maximum Gasteiger partial charge on any atom is 0.407 e. The van der Waals surface area contributed by atoms with Crippen LogP contribution in [0, 0.1) is 0 Å². The maximum atomic E-state index is 11.5. The molecule has 1 aromatic rings. The molecule has 0 aromatic carbocycles. The third kappa shape index (κ3) is 3.94. The Labute approximate surface area is 118 Å².